The van der Waals surface area contributed by atoms with E-state index in [1.165, 1.54) is 102 Å². The maximum absolute atomic E-state index is 13.1. The summed E-state index contributed by atoms with van der Waals surface area (Å²) >= 11 is 6.25. The van der Waals surface area contributed by atoms with Gasteiger partial charge in [0, 0.05) is 0 Å². The van der Waals surface area contributed by atoms with Crippen LogP contribution in [0.4, 0.5) is 11.4 Å². The second-order valence-electron chi connectivity index (χ2n) is 13.5. The molecule has 11 nitrogen and oxygen atoms in total. The first-order valence-electron chi connectivity index (χ1n) is 18.9. The maximum Gasteiger partial charge on any atom is 0.335 e. The van der Waals surface area contributed by atoms with E-state index >= 15 is 0 Å². The number of hydrogen-bond donors (Lipinski definition) is 4. The van der Waals surface area contributed by atoms with Crippen LogP contribution in [0, 0.1) is 0 Å². The second kappa shape index (κ2) is 23.4. The molecule has 1 amide bonds. The molecular weight excluding hydrogens is 732 g/mol. The number of para-hydroxylation sites is 1. The number of nitrogens with one attached hydrogen (secondary N) is 2. The van der Waals surface area contributed by atoms with Gasteiger partial charge in [-0.3, -0.25) is 14.3 Å². The molecule has 3 aromatic carbocycles. The van der Waals surface area contributed by atoms with Crippen molar-refractivity contribution in [1.82, 2.24) is 0 Å². The third kappa shape index (κ3) is 15.5. The molecule has 0 aliphatic rings. The van der Waals surface area contributed by atoms with E-state index in [4.69, 9.17) is 16.3 Å². The average Bonchev–Trinajstić information content (AvgIpc) is 3.14. The van der Waals surface area contributed by atoms with Crippen molar-refractivity contribution >= 4 is 56.6 Å². The van der Waals surface area contributed by atoms with Crippen molar-refractivity contribution in [3.63, 3.8) is 0 Å². The van der Waals surface area contributed by atoms with Gasteiger partial charge in [0.05, 0.1) is 51.0 Å². The molecule has 0 radical (unpaired) electrons. The molecule has 13 heteroatoms. The fourth-order valence-corrected chi connectivity index (χ4v) is 7.27. The predicted octanol–water partition coefficient (Wildman–Crippen LogP) is 10.4. The van der Waals surface area contributed by atoms with Gasteiger partial charge in [-0.1, -0.05) is 127 Å². The van der Waals surface area contributed by atoms with Crippen LogP contribution in [-0.2, 0) is 14.8 Å². The average molecular weight is 785 g/mol. The van der Waals surface area contributed by atoms with E-state index in [9.17, 15) is 37.8 Å². The van der Waals surface area contributed by atoms with Crippen LogP contribution in [0.2, 0.25) is 5.02 Å². The van der Waals surface area contributed by atoms with E-state index < -0.39 is 56.1 Å². The topological polar surface area (TPSA) is 176 Å². The van der Waals surface area contributed by atoms with Gasteiger partial charge in [0.2, 0.25) is 5.91 Å². The zero-order chi connectivity index (χ0) is 39.3. The molecule has 0 spiro atoms. The number of halogens is 1. The summed E-state index contributed by atoms with van der Waals surface area (Å²) in [5, 5.41) is 21.2. The monoisotopic (exact) mass is 784 g/mol. The standard InChI is InChI=1S/C41H53ClN2O9S/c1-2-3-4-5-6-7-8-9-10-11-12-13-14-15-16-19-24-53-38-21-18-17-20-34(38)37(45)29-39(46)43-36-28-32(22-23-35(36)42)44-54(51,52)33-26-30(40(47)48)25-31(27-33)41(49)50/h17-18,20-23,25-28,44H,2-16,19,24,29H2,1H3,(H,43,46)(H,47,48)(H,49,50). The molecule has 0 fully saturated rings. The number of unbranched alkanes of at least 4 members (excludes halogenated alkanes) is 15. The maximum atomic E-state index is 13.1. The number of ketones is 1. The first-order chi connectivity index (χ1) is 25.9. The number of ether oxygens (including phenoxy) is 1. The number of aromatic carboxylic acids is 2. The lowest BCUT2D eigenvalue weighted by molar-refractivity contribution is -0.115. The van der Waals surface area contributed by atoms with Gasteiger partial charge in [-0.25, -0.2) is 18.0 Å². The highest BCUT2D eigenvalue weighted by Crippen LogP contribution is 2.28. The van der Waals surface area contributed by atoms with Crippen molar-refractivity contribution in [3.8, 4) is 5.75 Å². The molecule has 0 bridgehead atoms. The minimum Gasteiger partial charge on any atom is -0.493 e. The Bertz CT molecular complexity index is 1780. The minimum absolute atomic E-state index is 0.00760. The van der Waals surface area contributed by atoms with Crippen LogP contribution in [0.1, 0.15) is 147 Å². The van der Waals surface area contributed by atoms with Crippen LogP contribution in [-0.4, -0.2) is 48.9 Å². The molecule has 0 aliphatic carbocycles. The largest absolute Gasteiger partial charge is 0.493 e. The van der Waals surface area contributed by atoms with E-state index in [0.29, 0.717) is 12.4 Å². The van der Waals surface area contributed by atoms with Crippen LogP contribution in [0.25, 0.3) is 0 Å². The van der Waals surface area contributed by atoms with Gasteiger partial charge >= 0.3 is 11.9 Å². The zero-order valence-electron chi connectivity index (χ0n) is 31.0. The predicted molar refractivity (Wildman–Crippen MR) is 212 cm³/mol. The van der Waals surface area contributed by atoms with E-state index in [1.54, 1.807) is 24.3 Å². The molecule has 0 aliphatic heterocycles. The molecule has 0 saturated heterocycles. The number of hydrogen-bond acceptors (Lipinski definition) is 7. The van der Waals surface area contributed by atoms with E-state index in [2.05, 4.69) is 17.0 Å². The zero-order valence-corrected chi connectivity index (χ0v) is 32.6. The van der Waals surface area contributed by atoms with E-state index in [1.807, 2.05) is 0 Å². The molecule has 3 rings (SSSR count). The van der Waals surface area contributed by atoms with Gasteiger partial charge in [-0.2, -0.15) is 0 Å². The number of carboxylic acid groups (broad SMARTS) is 2. The molecule has 0 heterocycles. The lowest BCUT2D eigenvalue weighted by atomic mass is 10.0. The van der Waals surface area contributed by atoms with Crippen LogP contribution >= 0.6 is 11.6 Å². The van der Waals surface area contributed by atoms with Crippen molar-refractivity contribution in [1.29, 1.82) is 0 Å². The number of amides is 1. The second-order valence-corrected chi connectivity index (χ2v) is 15.5. The van der Waals surface area contributed by atoms with Crippen molar-refractivity contribution in [2.45, 2.75) is 121 Å². The lowest BCUT2D eigenvalue weighted by Crippen LogP contribution is -2.18. The van der Waals surface area contributed by atoms with Crippen LogP contribution < -0.4 is 14.8 Å². The lowest BCUT2D eigenvalue weighted by Gasteiger charge is -2.13. The minimum atomic E-state index is -4.47. The third-order valence-electron chi connectivity index (χ3n) is 8.97. The van der Waals surface area contributed by atoms with E-state index in [-0.39, 0.29) is 22.0 Å². The SMILES string of the molecule is CCCCCCCCCCCCCCCCCCOc1ccccc1C(=O)CC(=O)Nc1cc(NS(=O)(=O)c2cc(C(=O)O)cc(C(=O)O)c2)ccc1Cl. The molecular formula is C41H53ClN2O9S. The summed E-state index contributed by atoms with van der Waals surface area (Å²) in [4.78, 5) is 48.4. The Morgan fingerprint density at radius 3 is 1.74 bits per heavy atom. The van der Waals surface area contributed by atoms with Gasteiger partial charge in [-0.05, 0) is 55.0 Å². The molecule has 0 unspecified atom stereocenters. The normalized spacial score (nSPS) is 11.2. The Morgan fingerprint density at radius 2 is 1.20 bits per heavy atom. The fourth-order valence-electron chi connectivity index (χ4n) is 5.99. The Morgan fingerprint density at radius 1 is 0.685 bits per heavy atom. The summed E-state index contributed by atoms with van der Waals surface area (Å²) in [5.74, 6) is -3.80. The Labute approximate surface area is 323 Å². The van der Waals surface area contributed by atoms with Gasteiger partial charge in [0.1, 0.15) is 5.75 Å². The summed E-state index contributed by atoms with van der Waals surface area (Å²) < 4.78 is 34.3. The first-order valence-corrected chi connectivity index (χ1v) is 20.8. The van der Waals surface area contributed by atoms with Crippen molar-refractivity contribution in [3.05, 3.63) is 82.4 Å². The molecule has 4 N–H and O–H groups in total. The Balaban J connectivity index is 1.42. The number of anilines is 2. The van der Waals surface area contributed by atoms with Crippen LogP contribution in [0.3, 0.4) is 0 Å². The molecule has 54 heavy (non-hydrogen) atoms. The smallest absolute Gasteiger partial charge is 0.335 e. The van der Waals surface area contributed by atoms with Gasteiger partial charge in [0.15, 0.2) is 5.78 Å². The third-order valence-corrected chi connectivity index (χ3v) is 10.7. The van der Waals surface area contributed by atoms with Crippen molar-refractivity contribution in [2.24, 2.45) is 0 Å². The number of carbonyl (C=O) groups is 4. The summed E-state index contributed by atoms with van der Waals surface area (Å²) in [7, 11) is -4.47. The van der Waals surface area contributed by atoms with Crippen LogP contribution in [0.15, 0.2) is 65.6 Å². The number of rotatable bonds is 27. The number of sulfonamides is 1. The molecule has 0 aromatic heterocycles. The van der Waals surface area contributed by atoms with Crippen molar-refractivity contribution in [2.75, 3.05) is 16.6 Å². The van der Waals surface area contributed by atoms with Gasteiger partial charge in [0.25, 0.3) is 10.0 Å². The molecule has 0 saturated carbocycles. The molecule has 0 atom stereocenters. The highest BCUT2D eigenvalue weighted by Gasteiger charge is 2.22. The Kier molecular flexibility index (Phi) is 19.0. The molecule has 294 valence electrons. The summed E-state index contributed by atoms with van der Waals surface area (Å²) in [5.41, 5.74) is -0.854. The quantitative estimate of drug-likeness (QED) is 0.0333. The molecule has 3 aromatic rings. The highest BCUT2D eigenvalue weighted by atomic mass is 35.5. The highest BCUT2D eigenvalue weighted by molar-refractivity contribution is 7.92. The Hall–Kier alpha value is -4.42. The van der Waals surface area contributed by atoms with Crippen LogP contribution in [0.5, 0.6) is 5.75 Å². The number of carbonyl (C=O) groups excluding carboxylic acids is 2. The number of benzene rings is 3. The summed E-state index contributed by atoms with van der Waals surface area (Å²) in [6, 6.07) is 13.0. The summed E-state index contributed by atoms with van der Waals surface area (Å²) in [6.45, 7) is 2.70. The first kappa shape index (κ1) is 44.0. The van der Waals surface area contributed by atoms with Crippen molar-refractivity contribution < 1.29 is 42.5 Å². The number of carboxylic acids is 2. The van der Waals surface area contributed by atoms with E-state index in [0.717, 1.165) is 37.5 Å². The summed E-state index contributed by atoms with van der Waals surface area (Å²) in [6.07, 6.45) is 19.8. The fraction of sp³-hybridized carbons (Fsp3) is 0.463. The number of Topliss-reactive ketones (excluding diaryl/α,β-unsaturated/α-hetero) is 1. The van der Waals surface area contributed by atoms with Gasteiger partial charge < -0.3 is 20.3 Å². The van der Waals surface area contributed by atoms with Gasteiger partial charge in [-0.15, -0.1) is 0 Å².